The van der Waals surface area contributed by atoms with E-state index in [4.69, 9.17) is 4.74 Å². The smallest absolute Gasteiger partial charge is 0.267 e. The average Bonchev–Trinajstić information content (AvgIpc) is 2.82. The number of aromatic nitrogens is 2. The van der Waals surface area contributed by atoms with Gasteiger partial charge in [0.1, 0.15) is 6.54 Å². The van der Waals surface area contributed by atoms with Gasteiger partial charge in [0.25, 0.3) is 17.4 Å². The number of benzene rings is 1. The molecule has 1 aromatic heterocycles. The summed E-state index contributed by atoms with van der Waals surface area (Å²) in [6.45, 7) is -0.777. The summed E-state index contributed by atoms with van der Waals surface area (Å²) in [6, 6.07) is 8.97. The fourth-order valence-corrected chi connectivity index (χ4v) is 2.43. The van der Waals surface area contributed by atoms with Crippen LogP contribution in [0.3, 0.4) is 0 Å². The van der Waals surface area contributed by atoms with E-state index >= 15 is 0 Å². The van der Waals surface area contributed by atoms with E-state index in [1.807, 2.05) is 0 Å². The zero-order valence-electron chi connectivity index (χ0n) is 12.8. The van der Waals surface area contributed by atoms with Crippen molar-refractivity contribution in [2.24, 2.45) is 0 Å². The summed E-state index contributed by atoms with van der Waals surface area (Å²) >= 11 is 0. The van der Waals surface area contributed by atoms with Crippen molar-refractivity contribution < 1.29 is 19.1 Å². The molecule has 0 unspecified atom stereocenters. The normalized spacial score (nSPS) is 13.1. The van der Waals surface area contributed by atoms with E-state index in [0.717, 1.165) is 9.58 Å². The van der Waals surface area contributed by atoms with Crippen LogP contribution >= 0.6 is 0 Å². The molecular formula is C16H13N3O5. The molecule has 0 spiro atoms. The van der Waals surface area contributed by atoms with Gasteiger partial charge in [0, 0.05) is 12.1 Å². The van der Waals surface area contributed by atoms with Crippen LogP contribution in [0.4, 0.5) is 0 Å². The first-order valence-electron chi connectivity index (χ1n) is 7.10. The second-order valence-electron chi connectivity index (χ2n) is 5.15. The molecule has 0 atom stereocenters. The van der Waals surface area contributed by atoms with Crippen LogP contribution in [0.1, 0.15) is 20.7 Å². The van der Waals surface area contributed by atoms with Crippen molar-refractivity contribution in [3.63, 3.8) is 0 Å². The third kappa shape index (κ3) is 2.69. The lowest BCUT2D eigenvalue weighted by Gasteiger charge is -2.13. The second kappa shape index (κ2) is 6.07. The third-order valence-electron chi connectivity index (χ3n) is 3.59. The SMILES string of the molecule is COc1ccc(=O)n(CC(=O)CN2C(=O)c3ccccc3C2=O)n1. The minimum absolute atomic E-state index is 0.183. The predicted molar refractivity (Wildman–Crippen MR) is 81.9 cm³/mol. The highest BCUT2D eigenvalue weighted by Crippen LogP contribution is 2.22. The highest BCUT2D eigenvalue weighted by Gasteiger charge is 2.36. The maximum atomic E-state index is 12.2. The van der Waals surface area contributed by atoms with Gasteiger partial charge < -0.3 is 4.74 Å². The van der Waals surface area contributed by atoms with Gasteiger partial charge in [-0.3, -0.25) is 24.1 Å². The molecule has 0 fully saturated rings. The summed E-state index contributed by atoms with van der Waals surface area (Å²) in [6.07, 6.45) is 0. The lowest BCUT2D eigenvalue weighted by molar-refractivity contribution is -0.120. The number of ether oxygens (including phenoxy) is 1. The van der Waals surface area contributed by atoms with Crippen LogP contribution in [0, 0.1) is 0 Å². The summed E-state index contributed by atoms with van der Waals surface area (Å²) in [7, 11) is 1.39. The lowest BCUT2D eigenvalue weighted by Crippen LogP contribution is -2.37. The number of imide groups is 1. The maximum Gasteiger partial charge on any atom is 0.267 e. The quantitative estimate of drug-likeness (QED) is 0.723. The summed E-state index contributed by atoms with van der Waals surface area (Å²) < 4.78 is 5.83. The van der Waals surface area contributed by atoms with Gasteiger partial charge in [0.2, 0.25) is 5.88 Å². The Morgan fingerprint density at radius 3 is 2.21 bits per heavy atom. The fourth-order valence-electron chi connectivity index (χ4n) is 2.43. The number of methoxy groups -OCH3 is 1. The number of carbonyl (C=O) groups is 3. The van der Waals surface area contributed by atoms with Gasteiger partial charge in [-0.05, 0) is 12.1 Å². The Hall–Kier alpha value is -3.29. The minimum Gasteiger partial charge on any atom is -0.480 e. The van der Waals surface area contributed by atoms with E-state index in [0.29, 0.717) is 0 Å². The topological polar surface area (TPSA) is 98.6 Å². The van der Waals surface area contributed by atoms with Crippen LogP contribution in [-0.4, -0.2) is 45.9 Å². The Balaban J connectivity index is 1.76. The third-order valence-corrected chi connectivity index (χ3v) is 3.59. The van der Waals surface area contributed by atoms with Gasteiger partial charge >= 0.3 is 0 Å². The molecule has 24 heavy (non-hydrogen) atoms. The molecule has 8 nitrogen and oxygen atoms in total. The molecule has 1 aliphatic rings. The molecular weight excluding hydrogens is 314 g/mol. The van der Waals surface area contributed by atoms with Crippen LogP contribution in [0.2, 0.25) is 0 Å². The average molecular weight is 327 g/mol. The first-order chi connectivity index (χ1) is 11.5. The Kier molecular flexibility index (Phi) is 3.95. The Morgan fingerprint density at radius 2 is 1.62 bits per heavy atom. The number of amides is 2. The molecule has 0 saturated heterocycles. The zero-order valence-corrected chi connectivity index (χ0v) is 12.8. The summed E-state index contributed by atoms with van der Waals surface area (Å²) in [4.78, 5) is 49.2. The lowest BCUT2D eigenvalue weighted by atomic mass is 10.1. The largest absolute Gasteiger partial charge is 0.480 e. The van der Waals surface area contributed by atoms with Crippen molar-refractivity contribution in [2.75, 3.05) is 13.7 Å². The number of carbonyl (C=O) groups excluding carboxylic acids is 3. The van der Waals surface area contributed by atoms with E-state index in [-0.39, 0.29) is 23.6 Å². The molecule has 0 N–H and O–H groups in total. The summed E-state index contributed by atoms with van der Waals surface area (Å²) in [5.41, 5.74) is 0.0606. The molecule has 1 aliphatic heterocycles. The van der Waals surface area contributed by atoms with Crippen LogP contribution in [0.15, 0.2) is 41.2 Å². The van der Waals surface area contributed by atoms with Gasteiger partial charge in [-0.15, -0.1) is 5.10 Å². The molecule has 0 radical (unpaired) electrons. The minimum atomic E-state index is -0.519. The number of Topliss-reactive ketones (excluding diaryl/α,β-unsaturated/α-hetero) is 1. The maximum absolute atomic E-state index is 12.2. The summed E-state index contributed by atoms with van der Waals surface area (Å²) in [5, 5.41) is 3.86. The van der Waals surface area contributed by atoms with Crippen molar-refractivity contribution in [2.45, 2.75) is 6.54 Å². The van der Waals surface area contributed by atoms with Crippen LogP contribution < -0.4 is 10.3 Å². The van der Waals surface area contributed by atoms with Gasteiger partial charge in [-0.25, -0.2) is 4.68 Å². The Labute approximate surface area is 136 Å². The van der Waals surface area contributed by atoms with Gasteiger partial charge in [-0.1, -0.05) is 12.1 Å². The van der Waals surface area contributed by atoms with E-state index in [1.54, 1.807) is 12.1 Å². The van der Waals surface area contributed by atoms with E-state index < -0.39 is 29.7 Å². The van der Waals surface area contributed by atoms with Crippen LogP contribution in [0.5, 0.6) is 5.88 Å². The molecule has 2 heterocycles. The molecule has 2 aromatic rings. The van der Waals surface area contributed by atoms with Crippen molar-refractivity contribution in [1.29, 1.82) is 0 Å². The summed E-state index contributed by atoms with van der Waals surface area (Å²) in [5.74, 6) is -1.35. The van der Waals surface area contributed by atoms with Crippen LogP contribution in [0.25, 0.3) is 0 Å². The van der Waals surface area contributed by atoms with Gasteiger partial charge in [-0.2, -0.15) is 0 Å². The number of rotatable bonds is 5. The Bertz CT molecular complexity index is 868. The molecule has 3 rings (SSSR count). The molecule has 0 bridgehead atoms. The number of ketones is 1. The van der Waals surface area contributed by atoms with Crippen molar-refractivity contribution >= 4 is 17.6 Å². The molecule has 122 valence electrons. The standard InChI is InChI=1S/C16H13N3O5/c1-24-13-6-7-14(21)19(17-13)9-10(20)8-18-15(22)11-4-2-3-5-12(11)16(18)23/h2-7H,8-9H2,1H3. The van der Waals surface area contributed by atoms with Crippen molar-refractivity contribution in [3.05, 3.63) is 57.9 Å². The van der Waals surface area contributed by atoms with Crippen molar-refractivity contribution in [1.82, 2.24) is 14.7 Å². The monoisotopic (exact) mass is 327 g/mol. The molecule has 2 amide bonds. The van der Waals surface area contributed by atoms with E-state index in [1.165, 1.54) is 31.4 Å². The molecule has 1 aromatic carbocycles. The second-order valence-corrected chi connectivity index (χ2v) is 5.15. The first kappa shape index (κ1) is 15.6. The highest BCUT2D eigenvalue weighted by molar-refractivity contribution is 6.22. The molecule has 0 aliphatic carbocycles. The molecule has 0 saturated carbocycles. The fraction of sp³-hybridized carbons (Fsp3) is 0.188. The van der Waals surface area contributed by atoms with Crippen LogP contribution in [-0.2, 0) is 11.3 Å². The first-order valence-corrected chi connectivity index (χ1v) is 7.10. The van der Waals surface area contributed by atoms with Gasteiger partial charge in [0.15, 0.2) is 5.78 Å². The Morgan fingerprint density at radius 1 is 1.00 bits per heavy atom. The molecule has 8 heteroatoms. The number of hydrogen-bond donors (Lipinski definition) is 0. The predicted octanol–water partition coefficient (Wildman–Crippen LogP) is 0.117. The van der Waals surface area contributed by atoms with E-state index in [2.05, 4.69) is 5.10 Å². The van der Waals surface area contributed by atoms with Crippen molar-refractivity contribution in [3.8, 4) is 5.88 Å². The highest BCUT2D eigenvalue weighted by atomic mass is 16.5. The van der Waals surface area contributed by atoms with Gasteiger partial charge in [0.05, 0.1) is 24.8 Å². The zero-order chi connectivity index (χ0) is 17.3. The number of hydrogen-bond acceptors (Lipinski definition) is 6. The van der Waals surface area contributed by atoms with E-state index in [9.17, 15) is 19.2 Å². The number of nitrogens with zero attached hydrogens (tertiary/aromatic N) is 3. The number of fused-ring (bicyclic) bond motifs is 1.